The normalized spacial score (nSPS) is 11.8. The summed E-state index contributed by atoms with van der Waals surface area (Å²) in [6.07, 6.45) is 0. The summed E-state index contributed by atoms with van der Waals surface area (Å²) in [6.45, 7) is 5.34. The lowest BCUT2D eigenvalue weighted by Crippen LogP contribution is -2.42. The molecule has 0 bridgehead atoms. The monoisotopic (exact) mass is 289 g/mol. The van der Waals surface area contributed by atoms with E-state index in [9.17, 15) is 4.39 Å². The second-order valence-electron chi connectivity index (χ2n) is 4.42. The molecule has 1 N–H and O–H groups in total. The molecule has 0 radical (unpaired) electrons. The van der Waals surface area contributed by atoms with E-state index < -0.39 is 0 Å². The number of nitrogens with one attached hydrogen (secondary N) is 1. The van der Waals surface area contributed by atoms with Crippen LogP contribution in [0.4, 0.5) is 4.39 Å². The second kappa shape index (κ2) is 5.75. The summed E-state index contributed by atoms with van der Waals surface area (Å²) in [5.74, 6) is -0.233. The van der Waals surface area contributed by atoms with Crippen LogP contribution in [0.15, 0.2) is 22.7 Å². The molecule has 0 saturated heterocycles. The fraction of sp³-hybridized carbons (Fsp3) is 0.500. The van der Waals surface area contributed by atoms with Crippen molar-refractivity contribution in [1.82, 2.24) is 5.32 Å². The van der Waals surface area contributed by atoms with Gasteiger partial charge in [-0.2, -0.15) is 0 Å². The van der Waals surface area contributed by atoms with Gasteiger partial charge in [-0.25, -0.2) is 4.39 Å². The number of hydrogen-bond acceptors (Lipinski definition) is 2. The van der Waals surface area contributed by atoms with E-state index in [0.717, 1.165) is 5.56 Å². The number of ether oxygens (including phenoxy) is 1. The van der Waals surface area contributed by atoms with Gasteiger partial charge in [0.2, 0.25) is 0 Å². The molecule has 2 nitrogen and oxygen atoms in total. The van der Waals surface area contributed by atoms with Crippen molar-refractivity contribution in [3.05, 3.63) is 34.1 Å². The van der Waals surface area contributed by atoms with Gasteiger partial charge in [-0.1, -0.05) is 6.07 Å². The average molecular weight is 290 g/mol. The third kappa shape index (κ3) is 4.20. The predicted octanol–water partition coefficient (Wildman–Crippen LogP) is 3.10. The van der Waals surface area contributed by atoms with Crippen molar-refractivity contribution >= 4 is 15.9 Å². The number of methoxy groups -OCH3 is 1. The van der Waals surface area contributed by atoms with Crippen molar-refractivity contribution in [3.8, 4) is 0 Å². The zero-order valence-electron chi connectivity index (χ0n) is 9.81. The smallest absolute Gasteiger partial charge is 0.137 e. The summed E-state index contributed by atoms with van der Waals surface area (Å²) in [6, 6.07) is 5.14. The maximum Gasteiger partial charge on any atom is 0.137 e. The van der Waals surface area contributed by atoms with Crippen LogP contribution in [0.2, 0.25) is 0 Å². The molecule has 0 fully saturated rings. The Bertz CT molecular complexity index is 355. The lowest BCUT2D eigenvalue weighted by molar-refractivity contribution is 0.127. The van der Waals surface area contributed by atoms with E-state index in [1.165, 1.54) is 6.07 Å². The highest BCUT2D eigenvalue weighted by molar-refractivity contribution is 9.10. The second-order valence-corrected chi connectivity index (χ2v) is 5.27. The average Bonchev–Trinajstić information content (AvgIpc) is 2.20. The number of halogens is 2. The van der Waals surface area contributed by atoms with Gasteiger partial charge in [0.05, 0.1) is 11.1 Å². The first-order chi connectivity index (χ1) is 7.44. The molecular formula is C12H17BrFNO. The lowest BCUT2D eigenvalue weighted by Gasteiger charge is -2.25. The van der Waals surface area contributed by atoms with E-state index in [4.69, 9.17) is 4.74 Å². The first-order valence-corrected chi connectivity index (χ1v) is 5.92. The SMILES string of the molecule is COCC(C)(C)NCc1ccc(Br)c(F)c1. The van der Waals surface area contributed by atoms with Gasteiger partial charge in [-0.3, -0.25) is 0 Å². The summed E-state index contributed by atoms with van der Waals surface area (Å²) in [5, 5.41) is 3.32. The minimum Gasteiger partial charge on any atom is -0.383 e. The number of benzene rings is 1. The van der Waals surface area contributed by atoms with Crippen LogP contribution >= 0.6 is 15.9 Å². The molecule has 1 aromatic carbocycles. The van der Waals surface area contributed by atoms with Crippen molar-refractivity contribution in [2.45, 2.75) is 25.9 Å². The molecule has 0 unspecified atom stereocenters. The molecule has 1 aromatic rings. The van der Waals surface area contributed by atoms with Crippen LogP contribution in [-0.2, 0) is 11.3 Å². The fourth-order valence-electron chi connectivity index (χ4n) is 1.40. The predicted molar refractivity (Wildman–Crippen MR) is 66.9 cm³/mol. The highest BCUT2D eigenvalue weighted by Gasteiger charge is 2.16. The van der Waals surface area contributed by atoms with Crippen molar-refractivity contribution in [2.24, 2.45) is 0 Å². The van der Waals surface area contributed by atoms with Crippen molar-refractivity contribution in [2.75, 3.05) is 13.7 Å². The molecule has 0 aliphatic rings. The van der Waals surface area contributed by atoms with E-state index in [2.05, 4.69) is 21.2 Å². The minimum atomic E-state index is -0.233. The summed E-state index contributed by atoms with van der Waals surface area (Å²) in [5.41, 5.74) is 0.808. The number of rotatable bonds is 5. The summed E-state index contributed by atoms with van der Waals surface area (Å²) in [4.78, 5) is 0. The Balaban J connectivity index is 2.57. The Morgan fingerprint density at radius 1 is 1.44 bits per heavy atom. The van der Waals surface area contributed by atoms with Gasteiger partial charge >= 0.3 is 0 Å². The number of hydrogen-bond donors (Lipinski definition) is 1. The molecular weight excluding hydrogens is 273 g/mol. The Morgan fingerprint density at radius 3 is 2.69 bits per heavy atom. The molecule has 0 saturated carbocycles. The molecule has 16 heavy (non-hydrogen) atoms. The molecule has 0 aliphatic heterocycles. The van der Waals surface area contributed by atoms with Crippen molar-refractivity contribution < 1.29 is 9.13 Å². The van der Waals surface area contributed by atoms with Crippen molar-refractivity contribution in [1.29, 1.82) is 0 Å². The van der Waals surface area contributed by atoms with Crippen LogP contribution < -0.4 is 5.32 Å². The van der Waals surface area contributed by atoms with Crippen LogP contribution in [0.1, 0.15) is 19.4 Å². The van der Waals surface area contributed by atoms with Gasteiger partial charge in [-0.05, 0) is 47.5 Å². The van der Waals surface area contributed by atoms with Gasteiger partial charge < -0.3 is 10.1 Å². The Labute approximate surface area is 104 Å². The highest BCUT2D eigenvalue weighted by Crippen LogP contribution is 2.16. The zero-order chi connectivity index (χ0) is 12.2. The molecule has 90 valence electrons. The van der Waals surface area contributed by atoms with Crippen LogP contribution in [0.25, 0.3) is 0 Å². The van der Waals surface area contributed by atoms with Crippen LogP contribution in [0.3, 0.4) is 0 Å². The maximum atomic E-state index is 13.2. The van der Waals surface area contributed by atoms with Gasteiger partial charge in [0.1, 0.15) is 5.82 Å². The largest absolute Gasteiger partial charge is 0.383 e. The Hall–Kier alpha value is -0.450. The van der Waals surface area contributed by atoms with Gasteiger partial charge in [0.25, 0.3) is 0 Å². The summed E-state index contributed by atoms with van der Waals surface area (Å²) in [7, 11) is 1.67. The molecule has 1 rings (SSSR count). The molecule has 0 atom stereocenters. The molecule has 0 aromatic heterocycles. The van der Waals surface area contributed by atoms with E-state index >= 15 is 0 Å². The van der Waals surface area contributed by atoms with E-state index in [1.807, 2.05) is 19.9 Å². The summed E-state index contributed by atoms with van der Waals surface area (Å²) >= 11 is 3.13. The van der Waals surface area contributed by atoms with Gasteiger partial charge in [0.15, 0.2) is 0 Å². The zero-order valence-corrected chi connectivity index (χ0v) is 11.4. The quantitative estimate of drug-likeness (QED) is 0.899. The fourth-order valence-corrected chi connectivity index (χ4v) is 1.65. The van der Waals surface area contributed by atoms with Gasteiger partial charge in [0, 0.05) is 19.2 Å². The van der Waals surface area contributed by atoms with Gasteiger partial charge in [-0.15, -0.1) is 0 Å². The Kier molecular flexibility index (Phi) is 4.89. The maximum absolute atomic E-state index is 13.2. The molecule has 4 heteroatoms. The summed E-state index contributed by atoms with van der Waals surface area (Å²) < 4.78 is 18.8. The first-order valence-electron chi connectivity index (χ1n) is 5.12. The lowest BCUT2D eigenvalue weighted by atomic mass is 10.1. The molecule has 0 aliphatic carbocycles. The first kappa shape index (κ1) is 13.6. The van der Waals surface area contributed by atoms with Crippen LogP contribution in [-0.4, -0.2) is 19.3 Å². The Morgan fingerprint density at radius 2 is 2.12 bits per heavy atom. The van der Waals surface area contributed by atoms with Crippen LogP contribution in [0.5, 0.6) is 0 Å². The standard InChI is InChI=1S/C12H17BrFNO/c1-12(2,8-16-3)15-7-9-4-5-10(13)11(14)6-9/h4-6,15H,7-8H2,1-3H3. The van der Waals surface area contributed by atoms with E-state index in [1.54, 1.807) is 13.2 Å². The molecule has 0 spiro atoms. The third-order valence-electron chi connectivity index (χ3n) is 2.26. The van der Waals surface area contributed by atoms with E-state index in [0.29, 0.717) is 17.6 Å². The van der Waals surface area contributed by atoms with Crippen LogP contribution in [0, 0.1) is 5.82 Å². The molecule has 0 heterocycles. The minimum absolute atomic E-state index is 0.113. The molecule has 0 amide bonds. The topological polar surface area (TPSA) is 21.3 Å². The highest BCUT2D eigenvalue weighted by atomic mass is 79.9. The third-order valence-corrected chi connectivity index (χ3v) is 2.90. The van der Waals surface area contributed by atoms with Crippen molar-refractivity contribution in [3.63, 3.8) is 0 Å². The van der Waals surface area contributed by atoms with E-state index in [-0.39, 0.29) is 11.4 Å².